The van der Waals surface area contributed by atoms with E-state index in [9.17, 15) is 0 Å². The maximum atomic E-state index is 6.06. The maximum absolute atomic E-state index is 6.06. The zero-order chi connectivity index (χ0) is 12.4. The van der Waals surface area contributed by atoms with E-state index in [1.54, 1.807) is 0 Å². The first-order chi connectivity index (χ1) is 8.11. The Morgan fingerprint density at radius 3 is 2.88 bits per heavy atom. The lowest BCUT2D eigenvalue weighted by Crippen LogP contribution is -2.29. The molecular formula is C13H22BrN3. The minimum absolute atomic E-state index is 0.409. The number of nitrogens with zero attached hydrogens (tertiary/aromatic N) is 2. The van der Waals surface area contributed by atoms with Gasteiger partial charge in [-0.15, -0.1) is 0 Å². The van der Waals surface area contributed by atoms with Gasteiger partial charge in [-0.3, -0.25) is 4.68 Å². The molecule has 2 N–H and O–H groups in total. The average Bonchev–Trinajstić information content (AvgIpc) is 2.57. The second kappa shape index (κ2) is 5.53. The van der Waals surface area contributed by atoms with E-state index in [1.807, 2.05) is 0 Å². The molecule has 1 aliphatic rings. The Morgan fingerprint density at radius 1 is 1.47 bits per heavy atom. The molecule has 1 fully saturated rings. The van der Waals surface area contributed by atoms with Crippen molar-refractivity contribution in [3.63, 3.8) is 0 Å². The van der Waals surface area contributed by atoms with Crippen molar-refractivity contribution in [1.82, 2.24) is 9.78 Å². The molecule has 0 spiro atoms. The molecule has 0 saturated heterocycles. The van der Waals surface area contributed by atoms with Crippen LogP contribution in [0.1, 0.15) is 44.0 Å². The van der Waals surface area contributed by atoms with Gasteiger partial charge in [0.05, 0.1) is 15.9 Å². The van der Waals surface area contributed by atoms with Crippen molar-refractivity contribution in [2.45, 2.75) is 58.5 Å². The molecule has 1 aliphatic carbocycles. The monoisotopic (exact) mass is 299 g/mol. The van der Waals surface area contributed by atoms with E-state index < -0.39 is 0 Å². The van der Waals surface area contributed by atoms with Crippen molar-refractivity contribution < 1.29 is 0 Å². The van der Waals surface area contributed by atoms with Crippen LogP contribution in [0.25, 0.3) is 0 Å². The quantitative estimate of drug-likeness (QED) is 0.932. The molecule has 0 aromatic carbocycles. The van der Waals surface area contributed by atoms with Gasteiger partial charge in [-0.05, 0) is 61.4 Å². The van der Waals surface area contributed by atoms with E-state index >= 15 is 0 Å². The van der Waals surface area contributed by atoms with Crippen LogP contribution in [0, 0.1) is 12.8 Å². The predicted octanol–water partition coefficient (Wildman–Crippen LogP) is 3.03. The molecule has 1 aromatic heterocycles. The Balaban J connectivity index is 2.12. The van der Waals surface area contributed by atoms with Crippen LogP contribution in [0.3, 0.4) is 0 Å². The van der Waals surface area contributed by atoms with Gasteiger partial charge >= 0.3 is 0 Å². The van der Waals surface area contributed by atoms with E-state index in [1.165, 1.54) is 35.8 Å². The highest BCUT2D eigenvalue weighted by molar-refractivity contribution is 9.10. The molecule has 1 saturated carbocycles. The third-order valence-electron chi connectivity index (χ3n) is 3.76. The van der Waals surface area contributed by atoms with Crippen LogP contribution in [-0.2, 0) is 13.0 Å². The summed E-state index contributed by atoms with van der Waals surface area (Å²) in [5, 5.41) is 4.55. The van der Waals surface area contributed by atoms with Gasteiger partial charge in [-0.2, -0.15) is 5.10 Å². The molecule has 1 heterocycles. The van der Waals surface area contributed by atoms with Crippen LogP contribution in [-0.4, -0.2) is 15.8 Å². The lowest BCUT2D eigenvalue weighted by Gasteiger charge is -2.26. The summed E-state index contributed by atoms with van der Waals surface area (Å²) in [6.07, 6.45) is 6.07. The van der Waals surface area contributed by atoms with Crippen molar-refractivity contribution in [2.24, 2.45) is 11.7 Å². The van der Waals surface area contributed by atoms with Crippen LogP contribution in [0.5, 0.6) is 0 Å². The Morgan fingerprint density at radius 2 is 2.24 bits per heavy atom. The van der Waals surface area contributed by atoms with Crippen LogP contribution < -0.4 is 5.73 Å². The molecule has 2 unspecified atom stereocenters. The lowest BCUT2D eigenvalue weighted by molar-refractivity contribution is 0.315. The Labute approximate surface area is 112 Å². The van der Waals surface area contributed by atoms with E-state index in [0.29, 0.717) is 6.04 Å². The Hall–Kier alpha value is -0.350. The highest BCUT2D eigenvalue weighted by Crippen LogP contribution is 2.30. The average molecular weight is 300 g/mol. The minimum atomic E-state index is 0.409. The standard InChI is InChI=1S/C13H22BrN3/c1-3-17-12(13(14)9(2)16-17)8-10-5-4-6-11(15)7-10/h10-11H,3-8,15H2,1-2H3. The van der Waals surface area contributed by atoms with E-state index in [-0.39, 0.29) is 0 Å². The summed E-state index contributed by atoms with van der Waals surface area (Å²) in [5.74, 6) is 0.733. The molecule has 3 nitrogen and oxygen atoms in total. The predicted molar refractivity (Wildman–Crippen MR) is 74.0 cm³/mol. The number of aryl methyl sites for hydroxylation is 2. The van der Waals surface area contributed by atoms with E-state index in [2.05, 4.69) is 39.6 Å². The summed E-state index contributed by atoms with van der Waals surface area (Å²) < 4.78 is 3.32. The van der Waals surface area contributed by atoms with Crippen LogP contribution in [0.4, 0.5) is 0 Å². The largest absolute Gasteiger partial charge is 0.328 e. The van der Waals surface area contributed by atoms with Gasteiger partial charge < -0.3 is 5.73 Å². The molecule has 0 aliphatic heterocycles. The smallest absolute Gasteiger partial charge is 0.0738 e. The summed E-state index contributed by atoms with van der Waals surface area (Å²) in [4.78, 5) is 0. The van der Waals surface area contributed by atoms with Gasteiger partial charge in [0.25, 0.3) is 0 Å². The summed E-state index contributed by atoms with van der Waals surface area (Å²) in [6, 6.07) is 0.409. The van der Waals surface area contributed by atoms with Crippen molar-refractivity contribution in [2.75, 3.05) is 0 Å². The SMILES string of the molecule is CCn1nc(C)c(Br)c1CC1CCCC(N)C1. The summed E-state index contributed by atoms with van der Waals surface area (Å²) in [7, 11) is 0. The summed E-state index contributed by atoms with van der Waals surface area (Å²) in [5.41, 5.74) is 8.51. The maximum Gasteiger partial charge on any atom is 0.0738 e. The van der Waals surface area contributed by atoms with Crippen molar-refractivity contribution >= 4 is 15.9 Å². The fraction of sp³-hybridized carbons (Fsp3) is 0.769. The highest BCUT2D eigenvalue weighted by Gasteiger charge is 2.22. The van der Waals surface area contributed by atoms with Crippen LogP contribution in [0.15, 0.2) is 4.47 Å². The third-order valence-corrected chi connectivity index (χ3v) is 4.79. The van der Waals surface area contributed by atoms with Crippen molar-refractivity contribution in [3.05, 3.63) is 15.9 Å². The summed E-state index contributed by atoms with van der Waals surface area (Å²) >= 11 is 3.67. The first-order valence-electron chi connectivity index (χ1n) is 6.59. The highest BCUT2D eigenvalue weighted by atomic mass is 79.9. The normalized spacial score (nSPS) is 25.2. The fourth-order valence-electron chi connectivity index (χ4n) is 2.86. The molecule has 2 rings (SSSR count). The molecule has 0 amide bonds. The van der Waals surface area contributed by atoms with Crippen LogP contribution >= 0.6 is 15.9 Å². The van der Waals surface area contributed by atoms with Gasteiger partial charge in [0.2, 0.25) is 0 Å². The number of hydrogen-bond acceptors (Lipinski definition) is 2. The lowest BCUT2D eigenvalue weighted by atomic mass is 9.83. The molecule has 96 valence electrons. The molecule has 1 aromatic rings. The van der Waals surface area contributed by atoms with Gasteiger partial charge in [0, 0.05) is 12.6 Å². The number of hydrogen-bond donors (Lipinski definition) is 1. The number of halogens is 1. The van der Waals surface area contributed by atoms with Crippen molar-refractivity contribution in [3.8, 4) is 0 Å². The molecular weight excluding hydrogens is 278 g/mol. The minimum Gasteiger partial charge on any atom is -0.328 e. The molecule has 4 heteroatoms. The first kappa shape index (κ1) is 13.1. The molecule has 0 bridgehead atoms. The van der Waals surface area contributed by atoms with E-state index in [0.717, 1.165) is 24.6 Å². The number of rotatable bonds is 3. The van der Waals surface area contributed by atoms with Gasteiger partial charge in [0.15, 0.2) is 0 Å². The topological polar surface area (TPSA) is 43.8 Å². The Kier molecular flexibility index (Phi) is 4.26. The van der Waals surface area contributed by atoms with Gasteiger partial charge in [0.1, 0.15) is 0 Å². The second-order valence-electron chi connectivity index (χ2n) is 5.16. The second-order valence-corrected chi connectivity index (χ2v) is 5.95. The van der Waals surface area contributed by atoms with Gasteiger partial charge in [-0.1, -0.05) is 6.42 Å². The zero-order valence-corrected chi connectivity index (χ0v) is 12.3. The molecule has 0 radical (unpaired) electrons. The third kappa shape index (κ3) is 2.91. The van der Waals surface area contributed by atoms with Crippen molar-refractivity contribution in [1.29, 1.82) is 0 Å². The first-order valence-corrected chi connectivity index (χ1v) is 7.38. The van der Waals surface area contributed by atoms with E-state index in [4.69, 9.17) is 5.73 Å². The number of nitrogens with two attached hydrogens (primary N) is 1. The van der Waals surface area contributed by atoms with Crippen LogP contribution in [0.2, 0.25) is 0 Å². The molecule has 2 atom stereocenters. The fourth-order valence-corrected chi connectivity index (χ4v) is 3.30. The number of aromatic nitrogens is 2. The molecule has 17 heavy (non-hydrogen) atoms. The van der Waals surface area contributed by atoms with Gasteiger partial charge in [-0.25, -0.2) is 0 Å². The Bertz CT molecular complexity index is 386. The zero-order valence-electron chi connectivity index (χ0n) is 10.7. The summed E-state index contributed by atoms with van der Waals surface area (Å²) in [6.45, 7) is 5.15.